The zero-order chi connectivity index (χ0) is 11.0. The average Bonchev–Trinajstić information content (AvgIpc) is 2.14. The van der Waals surface area contributed by atoms with Crippen LogP contribution in [-0.4, -0.2) is 18.4 Å². The second-order valence-corrected chi connectivity index (χ2v) is 2.62. The van der Waals surface area contributed by atoms with Gasteiger partial charge in [-0.3, -0.25) is 10.1 Å². The number of allylic oxidation sites excluding steroid dienone is 1. The van der Waals surface area contributed by atoms with Crippen LogP contribution in [0.25, 0.3) is 0 Å². The molecule has 78 valence electrons. The summed E-state index contributed by atoms with van der Waals surface area (Å²) in [7, 11) is 0. The minimum atomic E-state index is -0.281. The first-order valence-electron chi connectivity index (χ1n) is 4.18. The first kappa shape index (κ1) is 12.3. The van der Waals surface area contributed by atoms with Crippen molar-refractivity contribution in [2.45, 2.75) is 26.7 Å². The molecule has 0 unspecified atom stereocenters. The van der Waals surface area contributed by atoms with E-state index >= 15 is 0 Å². The number of oxime groups is 1. The molecule has 0 aliphatic heterocycles. The summed E-state index contributed by atoms with van der Waals surface area (Å²) in [6.07, 6.45) is 1.91. The molecule has 0 aromatic heterocycles. The molecule has 1 amide bonds. The van der Waals surface area contributed by atoms with Crippen molar-refractivity contribution in [1.29, 1.82) is 0 Å². The number of Topliss-reactive ketones (excluding diaryl/α,β-unsaturated/α-hetero) is 1. The molecule has 5 heteroatoms. The monoisotopic (exact) mass is 198 g/mol. The van der Waals surface area contributed by atoms with E-state index in [0.717, 1.165) is 0 Å². The van der Waals surface area contributed by atoms with Gasteiger partial charge in [-0.25, -0.2) is 0 Å². The first-order chi connectivity index (χ1) is 6.60. The number of carbonyl (C=O) groups is 2. The van der Waals surface area contributed by atoms with E-state index in [4.69, 9.17) is 0 Å². The number of carbonyl (C=O) groups excluding carboxylic acids is 2. The zero-order valence-corrected chi connectivity index (χ0v) is 8.37. The summed E-state index contributed by atoms with van der Waals surface area (Å²) in [4.78, 5) is 26.3. The van der Waals surface area contributed by atoms with E-state index in [1.54, 1.807) is 13.0 Å². The van der Waals surface area contributed by atoms with E-state index in [1.165, 1.54) is 6.92 Å². The number of hydrogen-bond acceptors (Lipinski definition) is 4. The van der Waals surface area contributed by atoms with Crippen LogP contribution in [0.2, 0.25) is 0 Å². The van der Waals surface area contributed by atoms with Crippen LogP contribution in [0, 0.1) is 0 Å². The average molecular weight is 198 g/mol. The minimum Gasteiger partial charge on any atom is -0.340 e. The molecule has 0 aromatic carbocycles. The van der Waals surface area contributed by atoms with Gasteiger partial charge in [-0.2, -0.15) is 0 Å². The second kappa shape index (κ2) is 6.82. The molecule has 0 aliphatic carbocycles. The van der Waals surface area contributed by atoms with E-state index in [2.05, 4.69) is 22.0 Å². The van der Waals surface area contributed by atoms with Crippen LogP contribution in [-0.2, 0) is 14.4 Å². The maximum atomic E-state index is 11.1. The Hall–Kier alpha value is -1.65. The third-order valence-corrected chi connectivity index (χ3v) is 1.39. The lowest BCUT2D eigenvalue weighted by molar-refractivity contribution is -0.124. The van der Waals surface area contributed by atoms with E-state index in [-0.39, 0.29) is 30.4 Å². The lowest BCUT2D eigenvalue weighted by Crippen LogP contribution is -2.23. The van der Waals surface area contributed by atoms with Crippen molar-refractivity contribution < 1.29 is 14.4 Å². The zero-order valence-electron chi connectivity index (χ0n) is 8.37. The van der Waals surface area contributed by atoms with Crippen LogP contribution in [0.15, 0.2) is 17.1 Å². The van der Waals surface area contributed by atoms with Crippen LogP contribution in [0.1, 0.15) is 26.7 Å². The van der Waals surface area contributed by atoms with Gasteiger partial charge in [0.05, 0.1) is 0 Å². The molecular weight excluding hydrogens is 184 g/mol. The molecule has 0 heterocycles. The molecule has 0 saturated carbocycles. The standard InChI is InChI=1S/C9H14N2O3/c1-4-9(14-10-3)11-8(13)6-5-7(2)12/h4H,3,5-6H2,1-2H3,(H,11,13)/b9-4-. The fourth-order valence-corrected chi connectivity index (χ4v) is 0.707. The number of hydrogen-bond donors (Lipinski definition) is 1. The summed E-state index contributed by atoms with van der Waals surface area (Å²) >= 11 is 0. The lowest BCUT2D eigenvalue weighted by atomic mass is 10.2. The Morgan fingerprint density at radius 3 is 2.57 bits per heavy atom. The van der Waals surface area contributed by atoms with E-state index in [9.17, 15) is 9.59 Å². The van der Waals surface area contributed by atoms with Gasteiger partial charge in [0.25, 0.3) is 0 Å². The molecule has 1 N–H and O–H groups in total. The van der Waals surface area contributed by atoms with Gasteiger partial charge < -0.3 is 9.63 Å². The molecule has 0 fully saturated rings. The molecule has 0 bridgehead atoms. The number of amides is 1. The van der Waals surface area contributed by atoms with Gasteiger partial charge in [0.2, 0.25) is 11.8 Å². The van der Waals surface area contributed by atoms with Crippen LogP contribution in [0.3, 0.4) is 0 Å². The Morgan fingerprint density at radius 1 is 1.50 bits per heavy atom. The summed E-state index contributed by atoms with van der Waals surface area (Å²) in [5.41, 5.74) is 0. The van der Waals surface area contributed by atoms with Crippen LogP contribution < -0.4 is 5.32 Å². The van der Waals surface area contributed by atoms with Gasteiger partial charge in [-0.15, -0.1) is 0 Å². The summed E-state index contributed by atoms with van der Waals surface area (Å²) in [6, 6.07) is 0. The molecule has 0 rings (SSSR count). The van der Waals surface area contributed by atoms with Gasteiger partial charge in [-0.05, 0) is 19.9 Å². The van der Waals surface area contributed by atoms with Crippen LogP contribution in [0.4, 0.5) is 0 Å². The number of nitrogens with zero attached hydrogens (tertiary/aromatic N) is 1. The molecule has 14 heavy (non-hydrogen) atoms. The van der Waals surface area contributed by atoms with Crippen molar-refractivity contribution in [3.05, 3.63) is 12.0 Å². The number of ketones is 1. The Bertz CT molecular complexity index is 259. The van der Waals surface area contributed by atoms with Gasteiger partial charge >= 0.3 is 0 Å². The predicted octanol–water partition coefficient (Wildman–Crippen LogP) is 0.965. The maximum Gasteiger partial charge on any atom is 0.227 e. The summed E-state index contributed by atoms with van der Waals surface area (Å²) in [6.45, 7) is 6.23. The molecule has 0 aliphatic rings. The van der Waals surface area contributed by atoms with Crippen molar-refractivity contribution in [3.63, 3.8) is 0 Å². The Balaban J connectivity index is 3.91. The van der Waals surface area contributed by atoms with Gasteiger partial charge in [0.15, 0.2) is 0 Å². The van der Waals surface area contributed by atoms with Crippen molar-refractivity contribution in [1.82, 2.24) is 5.32 Å². The van der Waals surface area contributed by atoms with Crippen LogP contribution >= 0.6 is 0 Å². The largest absolute Gasteiger partial charge is 0.340 e. The van der Waals surface area contributed by atoms with Crippen molar-refractivity contribution in [2.75, 3.05) is 0 Å². The van der Waals surface area contributed by atoms with Crippen molar-refractivity contribution in [2.24, 2.45) is 5.16 Å². The third kappa shape index (κ3) is 5.93. The molecule has 0 atom stereocenters. The SMILES string of the molecule is C=NO/C(=C\C)NC(=O)CCC(C)=O. The minimum absolute atomic E-state index is 0.0232. The van der Waals surface area contributed by atoms with Crippen LogP contribution in [0.5, 0.6) is 0 Å². The molecular formula is C9H14N2O3. The highest BCUT2D eigenvalue weighted by Gasteiger charge is 2.05. The Labute approximate surface area is 82.8 Å². The van der Waals surface area contributed by atoms with E-state index in [0.29, 0.717) is 0 Å². The topological polar surface area (TPSA) is 67.8 Å². The molecule has 0 saturated heterocycles. The van der Waals surface area contributed by atoms with E-state index in [1.807, 2.05) is 0 Å². The summed E-state index contributed by atoms with van der Waals surface area (Å²) < 4.78 is 0. The number of nitrogens with one attached hydrogen (secondary N) is 1. The highest BCUT2D eigenvalue weighted by atomic mass is 16.6. The molecule has 0 aromatic rings. The molecule has 0 radical (unpaired) electrons. The van der Waals surface area contributed by atoms with Gasteiger partial charge in [0, 0.05) is 19.6 Å². The fraction of sp³-hybridized carbons (Fsp3) is 0.444. The quantitative estimate of drug-likeness (QED) is 0.392. The molecule has 0 spiro atoms. The highest BCUT2D eigenvalue weighted by Crippen LogP contribution is 1.96. The van der Waals surface area contributed by atoms with Gasteiger partial charge in [0.1, 0.15) is 5.78 Å². The Morgan fingerprint density at radius 2 is 2.14 bits per heavy atom. The normalized spacial score (nSPS) is 10.6. The predicted molar refractivity (Wildman–Crippen MR) is 52.4 cm³/mol. The fourth-order valence-electron chi connectivity index (χ4n) is 0.707. The molecule has 5 nitrogen and oxygen atoms in total. The second-order valence-electron chi connectivity index (χ2n) is 2.62. The van der Waals surface area contributed by atoms with Crippen molar-refractivity contribution in [3.8, 4) is 0 Å². The first-order valence-corrected chi connectivity index (χ1v) is 4.18. The Kier molecular flexibility index (Phi) is 6.02. The van der Waals surface area contributed by atoms with E-state index < -0.39 is 0 Å². The lowest BCUT2D eigenvalue weighted by Gasteiger charge is -2.05. The van der Waals surface area contributed by atoms with Crippen molar-refractivity contribution >= 4 is 18.4 Å². The van der Waals surface area contributed by atoms with Gasteiger partial charge in [-0.1, -0.05) is 5.16 Å². The summed E-state index contributed by atoms with van der Waals surface area (Å²) in [5, 5.41) is 5.59. The number of rotatable bonds is 6. The summed E-state index contributed by atoms with van der Waals surface area (Å²) in [5.74, 6) is -0.0876. The maximum absolute atomic E-state index is 11.1. The third-order valence-electron chi connectivity index (χ3n) is 1.39. The highest BCUT2D eigenvalue weighted by molar-refractivity contribution is 5.84. The smallest absolute Gasteiger partial charge is 0.227 e.